The molecule has 0 aromatic heterocycles. The van der Waals surface area contributed by atoms with E-state index in [2.05, 4.69) is 16.3 Å². The molecule has 0 bridgehead atoms. The highest BCUT2D eigenvalue weighted by molar-refractivity contribution is 6.31. The number of anilines is 2. The molecule has 0 unspecified atom stereocenters. The van der Waals surface area contributed by atoms with E-state index in [1.54, 1.807) is 38.1 Å². The van der Waals surface area contributed by atoms with Crippen LogP contribution in [0.15, 0.2) is 84.6 Å². The SMILES string of the molecule is CCOC(=O)c1ccc(NC2=C[C@H](c3ccccc3Cl)N(c3ccc(C(=O)OCC)cc3)C2)cc1. The lowest BCUT2D eigenvalue weighted by Crippen LogP contribution is -2.25. The van der Waals surface area contributed by atoms with Gasteiger partial charge in [0.25, 0.3) is 0 Å². The summed E-state index contributed by atoms with van der Waals surface area (Å²) < 4.78 is 10.2. The van der Waals surface area contributed by atoms with E-state index < -0.39 is 0 Å². The maximum Gasteiger partial charge on any atom is 0.338 e. The second-order valence-corrected chi connectivity index (χ2v) is 8.38. The van der Waals surface area contributed by atoms with Crippen LogP contribution < -0.4 is 10.2 Å². The first-order valence-electron chi connectivity index (χ1n) is 11.5. The molecular formula is C28H27ClN2O4. The second kappa shape index (κ2) is 11.1. The molecule has 4 rings (SSSR count). The van der Waals surface area contributed by atoms with Gasteiger partial charge in [0.1, 0.15) is 0 Å². The van der Waals surface area contributed by atoms with Gasteiger partial charge in [0.05, 0.1) is 36.9 Å². The van der Waals surface area contributed by atoms with Crippen LogP contribution in [-0.2, 0) is 9.47 Å². The van der Waals surface area contributed by atoms with Crippen molar-refractivity contribution in [2.75, 3.05) is 30.0 Å². The monoisotopic (exact) mass is 490 g/mol. The van der Waals surface area contributed by atoms with Crippen molar-refractivity contribution in [1.29, 1.82) is 0 Å². The maximum atomic E-state index is 12.1. The van der Waals surface area contributed by atoms with Gasteiger partial charge in [0.15, 0.2) is 0 Å². The number of ether oxygens (including phenoxy) is 2. The van der Waals surface area contributed by atoms with Crippen LogP contribution in [0.3, 0.4) is 0 Å². The molecule has 0 fully saturated rings. The first kappa shape index (κ1) is 24.4. The molecule has 6 nitrogen and oxygen atoms in total. The molecule has 1 N–H and O–H groups in total. The fourth-order valence-corrected chi connectivity index (χ4v) is 4.26. The maximum absolute atomic E-state index is 12.1. The Balaban J connectivity index is 1.58. The predicted octanol–water partition coefficient (Wildman–Crippen LogP) is 6.25. The molecular weight excluding hydrogens is 464 g/mol. The van der Waals surface area contributed by atoms with E-state index in [-0.39, 0.29) is 18.0 Å². The highest BCUT2D eigenvalue weighted by atomic mass is 35.5. The molecule has 0 aliphatic carbocycles. The molecule has 0 spiro atoms. The average molecular weight is 491 g/mol. The van der Waals surface area contributed by atoms with E-state index in [1.165, 1.54) is 0 Å². The molecule has 7 heteroatoms. The number of nitrogens with zero attached hydrogens (tertiary/aromatic N) is 1. The van der Waals surface area contributed by atoms with Crippen molar-refractivity contribution in [1.82, 2.24) is 0 Å². The fraction of sp³-hybridized carbons (Fsp3) is 0.214. The zero-order chi connectivity index (χ0) is 24.8. The van der Waals surface area contributed by atoms with Crippen molar-refractivity contribution in [2.24, 2.45) is 0 Å². The number of halogens is 1. The third-order valence-electron chi connectivity index (χ3n) is 5.67. The Morgan fingerprint density at radius 2 is 1.46 bits per heavy atom. The minimum absolute atomic E-state index is 0.0987. The van der Waals surface area contributed by atoms with E-state index in [0.29, 0.717) is 35.9 Å². The van der Waals surface area contributed by atoms with Gasteiger partial charge in [-0.3, -0.25) is 0 Å². The van der Waals surface area contributed by atoms with Crippen molar-refractivity contribution < 1.29 is 19.1 Å². The summed E-state index contributed by atoms with van der Waals surface area (Å²) in [6, 6.07) is 22.3. The molecule has 3 aromatic carbocycles. The van der Waals surface area contributed by atoms with Gasteiger partial charge in [-0.1, -0.05) is 29.8 Å². The first-order chi connectivity index (χ1) is 17.0. The van der Waals surface area contributed by atoms with Gasteiger partial charge >= 0.3 is 11.9 Å². The van der Waals surface area contributed by atoms with Crippen LogP contribution in [0.2, 0.25) is 5.02 Å². The van der Waals surface area contributed by atoms with Gasteiger partial charge in [-0.05, 0) is 80.1 Å². The number of esters is 2. The van der Waals surface area contributed by atoms with Gasteiger partial charge < -0.3 is 19.7 Å². The lowest BCUT2D eigenvalue weighted by Gasteiger charge is -2.28. The summed E-state index contributed by atoms with van der Waals surface area (Å²) in [4.78, 5) is 26.2. The molecule has 0 saturated heterocycles. The van der Waals surface area contributed by atoms with Crippen LogP contribution in [0.5, 0.6) is 0 Å². The Morgan fingerprint density at radius 1 is 0.886 bits per heavy atom. The highest BCUT2D eigenvalue weighted by Gasteiger charge is 2.28. The number of carbonyl (C=O) groups is 2. The summed E-state index contributed by atoms with van der Waals surface area (Å²) in [6.45, 7) is 4.85. The van der Waals surface area contributed by atoms with Crippen molar-refractivity contribution in [3.05, 3.63) is 106 Å². The third-order valence-corrected chi connectivity index (χ3v) is 6.01. The number of hydrogen-bond acceptors (Lipinski definition) is 6. The Kier molecular flexibility index (Phi) is 7.73. The van der Waals surface area contributed by atoms with E-state index in [9.17, 15) is 9.59 Å². The van der Waals surface area contributed by atoms with Crippen LogP contribution in [0, 0.1) is 0 Å². The normalized spacial score (nSPS) is 14.9. The Morgan fingerprint density at radius 3 is 2.03 bits per heavy atom. The number of hydrogen-bond donors (Lipinski definition) is 1. The summed E-state index contributed by atoms with van der Waals surface area (Å²) in [6.07, 6.45) is 2.14. The van der Waals surface area contributed by atoms with Gasteiger partial charge in [0, 0.05) is 22.1 Å². The van der Waals surface area contributed by atoms with Crippen molar-refractivity contribution in [2.45, 2.75) is 19.9 Å². The zero-order valence-electron chi connectivity index (χ0n) is 19.7. The molecule has 0 saturated carbocycles. The largest absolute Gasteiger partial charge is 0.462 e. The minimum Gasteiger partial charge on any atom is -0.462 e. The number of nitrogens with one attached hydrogen (secondary N) is 1. The van der Waals surface area contributed by atoms with Crippen molar-refractivity contribution in [3.8, 4) is 0 Å². The molecule has 1 aliphatic heterocycles. The van der Waals surface area contributed by atoms with E-state index in [1.807, 2.05) is 48.5 Å². The van der Waals surface area contributed by atoms with Crippen molar-refractivity contribution >= 4 is 34.9 Å². The molecule has 35 heavy (non-hydrogen) atoms. The van der Waals surface area contributed by atoms with Crippen molar-refractivity contribution in [3.63, 3.8) is 0 Å². The van der Waals surface area contributed by atoms with E-state index >= 15 is 0 Å². The summed E-state index contributed by atoms with van der Waals surface area (Å²) in [5, 5.41) is 4.14. The topological polar surface area (TPSA) is 67.9 Å². The standard InChI is InChI=1S/C28H27ClN2O4/c1-3-34-27(32)19-9-13-21(14-10-19)30-22-17-26(24-7-5-6-8-25(24)29)31(18-22)23-15-11-20(12-16-23)28(33)35-4-2/h5-17,26,30H,3-4,18H2,1-2H3/t26-/m1/s1. The average Bonchev–Trinajstić information content (AvgIpc) is 3.28. The smallest absolute Gasteiger partial charge is 0.338 e. The molecule has 3 aromatic rings. The minimum atomic E-state index is -0.338. The van der Waals surface area contributed by atoms with Crippen LogP contribution in [-0.4, -0.2) is 31.7 Å². The van der Waals surface area contributed by atoms with Gasteiger partial charge in [-0.2, -0.15) is 0 Å². The van der Waals surface area contributed by atoms with Crippen LogP contribution in [0.1, 0.15) is 46.2 Å². The zero-order valence-corrected chi connectivity index (χ0v) is 20.4. The van der Waals surface area contributed by atoms with Crippen LogP contribution in [0.25, 0.3) is 0 Å². The molecule has 180 valence electrons. The molecule has 0 radical (unpaired) electrons. The number of benzene rings is 3. The number of rotatable bonds is 8. The number of carbonyl (C=O) groups excluding carboxylic acids is 2. The Hall–Kier alpha value is -3.77. The lowest BCUT2D eigenvalue weighted by atomic mass is 10.1. The van der Waals surface area contributed by atoms with Gasteiger partial charge in [0.2, 0.25) is 0 Å². The van der Waals surface area contributed by atoms with E-state index in [4.69, 9.17) is 21.1 Å². The van der Waals surface area contributed by atoms with Crippen LogP contribution >= 0.6 is 11.6 Å². The molecule has 0 amide bonds. The molecule has 1 heterocycles. The van der Waals surface area contributed by atoms with Gasteiger partial charge in [-0.25, -0.2) is 9.59 Å². The summed E-state index contributed by atoms with van der Waals surface area (Å²) in [5.41, 5.74) is 4.81. The third kappa shape index (κ3) is 5.66. The molecule has 1 aliphatic rings. The Labute approximate surface area is 210 Å². The fourth-order valence-electron chi connectivity index (χ4n) is 4.01. The first-order valence-corrected chi connectivity index (χ1v) is 11.9. The Bertz CT molecular complexity index is 1220. The van der Waals surface area contributed by atoms with E-state index in [0.717, 1.165) is 22.6 Å². The lowest BCUT2D eigenvalue weighted by molar-refractivity contribution is 0.0517. The second-order valence-electron chi connectivity index (χ2n) is 7.98. The summed E-state index contributed by atoms with van der Waals surface area (Å²) >= 11 is 6.56. The van der Waals surface area contributed by atoms with Crippen LogP contribution in [0.4, 0.5) is 11.4 Å². The highest BCUT2D eigenvalue weighted by Crippen LogP contribution is 2.38. The van der Waals surface area contributed by atoms with Gasteiger partial charge in [-0.15, -0.1) is 0 Å². The summed E-state index contributed by atoms with van der Waals surface area (Å²) in [7, 11) is 0. The summed E-state index contributed by atoms with van der Waals surface area (Å²) in [5.74, 6) is -0.676. The quantitative estimate of drug-likeness (QED) is 0.376. The molecule has 1 atom stereocenters. The predicted molar refractivity (Wildman–Crippen MR) is 138 cm³/mol.